The molecule has 28 heavy (non-hydrogen) atoms. The first kappa shape index (κ1) is 22.5. The van der Waals surface area contributed by atoms with Crippen molar-refractivity contribution in [2.45, 2.75) is 26.6 Å². The van der Waals surface area contributed by atoms with E-state index in [2.05, 4.69) is 16.1 Å². The van der Waals surface area contributed by atoms with Gasteiger partial charge >= 0.3 is 12.1 Å². The zero-order chi connectivity index (χ0) is 21.7. The summed E-state index contributed by atoms with van der Waals surface area (Å²) in [6.07, 6.45) is -3.01. The summed E-state index contributed by atoms with van der Waals surface area (Å²) in [6.45, 7) is 4.49. The van der Waals surface area contributed by atoms with Gasteiger partial charge < -0.3 is 9.47 Å². The summed E-state index contributed by atoms with van der Waals surface area (Å²) < 4.78 is 104. The summed E-state index contributed by atoms with van der Waals surface area (Å²) in [7, 11) is 0. The molecular weight excluding hydrogens is 421 g/mol. The van der Waals surface area contributed by atoms with Crippen molar-refractivity contribution >= 4 is 17.6 Å². The minimum absolute atomic E-state index is 0.865. The Balaban J connectivity index is 2.32. The van der Waals surface area contributed by atoms with Crippen molar-refractivity contribution in [3.05, 3.63) is 47.3 Å². The van der Waals surface area contributed by atoms with Crippen LogP contribution in [-0.4, -0.2) is 18.1 Å². The lowest BCUT2D eigenvalue weighted by Crippen LogP contribution is -2.30. The molecule has 2 rings (SSSR count). The highest BCUT2D eigenvalue weighted by atomic mass is 35.5. The van der Waals surface area contributed by atoms with Crippen LogP contribution in [0.4, 0.5) is 30.7 Å². The average molecular weight is 435 g/mol. The molecule has 3 nitrogen and oxygen atoms in total. The molecule has 11 heteroatoms. The molecule has 0 saturated heterocycles. The van der Waals surface area contributed by atoms with Crippen molar-refractivity contribution in [3.63, 3.8) is 0 Å². The molecule has 0 bridgehead atoms. The quantitative estimate of drug-likeness (QED) is 0.150. The molecule has 0 aliphatic heterocycles. The lowest BCUT2D eigenvalue weighted by molar-refractivity contribution is -0.251. The van der Waals surface area contributed by atoms with E-state index in [1.54, 1.807) is 0 Å². The molecule has 2 atom stereocenters. The van der Waals surface area contributed by atoms with E-state index in [9.17, 15) is 35.5 Å². The second kappa shape index (κ2) is 7.22. The number of benzene rings is 1. The molecular formula is C17H14ClF7O3. The number of carbonyl (C=O) groups excluding carboxylic acids is 1. The molecule has 0 N–H and O–H groups in total. The zero-order valence-corrected chi connectivity index (χ0v) is 15.3. The summed E-state index contributed by atoms with van der Waals surface area (Å²) in [6, 6.07) is -0.883. The van der Waals surface area contributed by atoms with Gasteiger partial charge in [0.1, 0.15) is 18.1 Å². The minimum Gasteiger partial charge on any atom is -0.460 e. The number of halogens is 8. The van der Waals surface area contributed by atoms with Crippen molar-refractivity contribution in [1.29, 1.82) is 0 Å². The lowest BCUT2D eigenvalue weighted by atomic mass is 9.96. The van der Waals surface area contributed by atoms with Crippen LogP contribution in [0.1, 0.15) is 19.4 Å². The topological polar surface area (TPSA) is 35.5 Å². The smallest absolute Gasteiger partial charge is 0.361 e. The third-order valence-corrected chi connectivity index (χ3v) is 5.16. The highest BCUT2D eigenvalue weighted by molar-refractivity contribution is 6.17. The molecule has 0 spiro atoms. The van der Waals surface area contributed by atoms with Crippen LogP contribution < -0.4 is 0 Å². The molecule has 156 valence electrons. The third kappa shape index (κ3) is 3.06. The Hall–Kier alpha value is -1.81. The van der Waals surface area contributed by atoms with Crippen LogP contribution in [0.3, 0.4) is 0 Å². The van der Waals surface area contributed by atoms with Gasteiger partial charge in [-0.15, -0.1) is 6.58 Å². The number of hydrogen-bond donors (Lipinski definition) is 0. The second-order valence-corrected chi connectivity index (χ2v) is 6.89. The molecule has 0 heterocycles. The van der Waals surface area contributed by atoms with Gasteiger partial charge in [0.05, 0.1) is 11.5 Å². The number of esters is 1. The molecule has 2 unspecified atom stereocenters. The van der Waals surface area contributed by atoms with Crippen LogP contribution in [0.15, 0.2) is 12.7 Å². The standard InChI is InChI=1S/C17H14ClF7O3/c1-4-16(13(15(16,2)3)17(24,25)28-6-18)14(26)27-5-7-8(19)10(21)12(23)11(22)9(7)20/h4,13H,1,5-6H2,2-3H3. The monoisotopic (exact) mass is 434 g/mol. The Morgan fingerprint density at radius 1 is 1.11 bits per heavy atom. The fourth-order valence-corrected chi connectivity index (χ4v) is 3.66. The number of rotatable bonds is 7. The molecule has 0 radical (unpaired) electrons. The molecule has 1 saturated carbocycles. The summed E-state index contributed by atoms with van der Waals surface area (Å²) in [5, 5.41) is 0. The SMILES string of the molecule is C=CC1(C(=O)OCc2c(F)c(F)c(F)c(F)c2F)C(C(F)(F)OCCl)C1(C)C. The Labute approximate surface area is 160 Å². The fourth-order valence-electron chi connectivity index (χ4n) is 3.52. The average Bonchev–Trinajstić information content (AvgIpc) is 3.15. The number of hydrogen-bond acceptors (Lipinski definition) is 3. The molecule has 1 aromatic carbocycles. The van der Waals surface area contributed by atoms with Gasteiger partial charge in [-0.05, 0) is 5.41 Å². The largest absolute Gasteiger partial charge is 0.460 e. The number of ether oxygens (including phenoxy) is 2. The summed E-state index contributed by atoms with van der Waals surface area (Å²) >= 11 is 5.16. The van der Waals surface area contributed by atoms with Gasteiger partial charge in [0.2, 0.25) is 5.82 Å². The number of carbonyl (C=O) groups is 1. The van der Waals surface area contributed by atoms with Crippen LogP contribution in [0.2, 0.25) is 0 Å². The van der Waals surface area contributed by atoms with Gasteiger partial charge in [0, 0.05) is 0 Å². The van der Waals surface area contributed by atoms with Crippen LogP contribution in [0.5, 0.6) is 0 Å². The molecule has 0 aromatic heterocycles. The maximum atomic E-state index is 14.2. The van der Waals surface area contributed by atoms with Crippen LogP contribution >= 0.6 is 11.6 Å². The van der Waals surface area contributed by atoms with E-state index in [-0.39, 0.29) is 0 Å². The molecule has 1 aromatic rings. The number of alkyl halides is 3. The lowest BCUT2D eigenvalue weighted by Gasteiger charge is -2.18. The van der Waals surface area contributed by atoms with Gasteiger partial charge in [-0.1, -0.05) is 31.5 Å². The van der Waals surface area contributed by atoms with Crippen LogP contribution in [0.25, 0.3) is 0 Å². The van der Waals surface area contributed by atoms with E-state index < -0.39 is 76.1 Å². The van der Waals surface area contributed by atoms with E-state index in [1.165, 1.54) is 13.8 Å². The summed E-state index contributed by atoms with van der Waals surface area (Å²) in [5.41, 5.74) is -4.91. The Morgan fingerprint density at radius 3 is 2.00 bits per heavy atom. The maximum Gasteiger partial charge on any atom is 0.361 e. The first-order chi connectivity index (χ1) is 12.8. The molecule has 0 amide bonds. The van der Waals surface area contributed by atoms with E-state index in [1.807, 2.05) is 0 Å². The van der Waals surface area contributed by atoms with Crippen LogP contribution in [-0.2, 0) is 20.9 Å². The molecule has 1 aliphatic rings. The summed E-state index contributed by atoms with van der Waals surface area (Å²) in [4.78, 5) is 12.4. The van der Waals surface area contributed by atoms with Crippen molar-refractivity contribution in [1.82, 2.24) is 0 Å². The third-order valence-electron chi connectivity index (χ3n) is 5.05. The van der Waals surface area contributed by atoms with Crippen LogP contribution in [0, 0.1) is 45.8 Å². The predicted octanol–water partition coefficient (Wildman–Crippen LogP) is 5.06. The highest BCUT2D eigenvalue weighted by Gasteiger charge is 2.83. The normalized spacial score (nSPS) is 23.4. The van der Waals surface area contributed by atoms with E-state index in [0.29, 0.717) is 0 Å². The van der Waals surface area contributed by atoms with Gasteiger partial charge in [-0.3, -0.25) is 4.79 Å². The Morgan fingerprint density at radius 2 is 1.57 bits per heavy atom. The Bertz CT molecular complexity index is 798. The second-order valence-electron chi connectivity index (χ2n) is 6.67. The summed E-state index contributed by atoms with van der Waals surface area (Å²) in [5.74, 6) is -14.4. The first-order valence-corrected chi connectivity index (χ1v) is 8.23. The molecule has 1 aliphatic carbocycles. The van der Waals surface area contributed by atoms with E-state index in [4.69, 9.17) is 11.6 Å². The first-order valence-electron chi connectivity index (χ1n) is 7.70. The minimum atomic E-state index is -3.87. The molecule has 1 fully saturated rings. The van der Waals surface area contributed by atoms with E-state index in [0.717, 1.165) is 6.08 Å². The van der Waals surface area contributed by atoms with Crippen molar-refractivity contribution in [2.24, 2.45) is 16.7 Å². The Kier molecular flexibility index (Phi) is 5.79. The fraction of sp³-hybridized carbons (Fsp3) is 0.471. The highest BCUT2D eigenvalue weighted by Crippen LogP contribution is 2.74. The van der Waals surface area contributed by atoms with Gasteiger partial charge in [-0.2, -0.15) is 8.78 Å². The zero-order valence-electron chi connectivity index (χ0n) is 14.5. The van der Waals surface area contributed by atoms with Gasteiger partial charge in [0.15, 0.2) is 23.3 Å². The predicted molar refractivity (Wildman–Crippen MR) is 82.7 cm³/mol. The maximum absolute atomic E-state index is 14.2. The van der Waals surface area contributed by atoms with Gasteiger partial charge in [-0.25, -0.2) is 22.0 Å². The van der Waals surface area contributed by atoms with Crippen molar-refractivity contribution < 1.29 is 45.0 Å². The van der Waals surface area contributed by atoms with E-state index >= 15 is 0 Å². The van der Waals surface area contributed by atoms with Gasteiger partial charge in [0.25, 0.3) is 0 Å². The van der Waals surface area contributed by atoms with Crippen molar-refractivity contribution in [2.75, 3.05) is 6.07 Å². The van der Waals surface area contributed by atoms with Crippen molar-refractivity contribution in [3.8, 4) is 0 Å².